The van der Waals surface area contributed by atoms with Crippen LogP contribution in [0.1, 0.15) is 51.9 Å². The van der Waals surface area contributed by atoms with Crippen LogP contribution in [0, 0.1) is 11.8 Å². The van der Waals surface area contributed by atoms with Crippen molar-refractivity contribution in [2.75, 3.05) is 5.33 Å². The molecule has 0 amide bonds. The number of halogens is 1. The first-order chi connectivity index (χ1) is 5.84. The molecule has 1 aliphatic carbocycles. The molecule has 1 fully saturated rings. The zero-order valence-corrected chi connectivity index (χ0v) is 9.78. The molecule has 72 valence electrons. The number of hydrogen-bond acceptors (Lipinski definition) is 0. The van der Waals surface area contributed by atoms with Gasteiger partial charge in [-0.25, -0.2) is 0 Å². The van der Waals surface area contributed by atoms with E-state index in [-0.39, 0.29) is 0 Å². The van der Waals surface area contributed by atoms with E-state index in [4.69, 9.17) is 0 Å². The van der Waals surface area contributed by atoms with E-state index in [9.17, 15) is 0 Å². The summed E-state index contributed by atoms with van der Waals surface area (Å²) in [6.45, 7) is 2.44. The maximum atomic E-state index is 3.50. The van der Waals surface area contributed by atoms with Crippen molar-refractivity contribution in [1.29, 1.82) is 0 Å². The van der Waals surface area contributed by atoms with Gasteiger partial charge in [0.2, 0.25) is 0 Å². The van der Waals surface area contributed by atoms with Crippen LogP contribution in [0.3, 0.4) is 0 Å². The Hall–Kier alpha value is 0.480. The molecule has 0 nitrogen and oxygen atoms in total. The fourth-order valence-electron chi connectivity index (χ4n) is 2.34. The maximum absolute atomic E-state index is 3.50. The fourth-order valence-corrected chi connectivity index (χ4v) is 2.66. The van der Waals surface area contributed by atoms with E-state index in [0.717, 1.165) is 11.8 Å². The highest BCUT2D eigenvalue weighted by molar-refractivity contribution is 9.09. The van der Waals surface area contributed by atoms with Gasteiger partial charge in [0.1, 0.15) is 0 Å². The zero-order chi connectivity index (χ0) is 8.81. The van der Waals surface area contributed by atoms with Crippen LogP contribution in [0.25, 0.3) is 0 Å². The summed E-state index contributed by atoms with van der Waals surface area (Å²) in [5.41, 5.74) is 0. The molecule has 0 saturated heterocycles. The largest absolute Gasteiger partial charge is 0.0928 e. The van der Waals surface area contributed by atoms with E-state index in [0.29, 0.717) is 0 Å². The van der Waals surface area contributed by atoms with E-state index < -0.39 is 0 Å². The van der Waals surface area contributed by atoms with Crippen LogP contribution in [0.2, 0.25) is 0 Å². The third-order valence-electron chi connectivity index (χ3n) is 3.25. The summed E-state index contributed by atoms with van der Waals surface area (Å²) in [6.07, 6.45) is 10.3. The highest BCUT2D eigenvalue weighted by atomic mass is 79.9. The summed E-state index contributed by atoms with van der Waals surface area (Å²) in [7, 11) is 0. The lowest BCUT2D eigenvalue weighted by molar-refractivity contribution is 0.251. The Morgan fingerprint density at radius 1 is 1.25 bits per heavy atom. The van der Waals surface area contributed by atoms with Gasteiger partial charge in [0.25, 0.3) is 0 Å². The second-order valence-corrected chi connectivity index (χ2v) is 5.00. The zero-order valence-electron chi connectivity index (χ0n) is 8.19. The third-order valence-corrected chi connectivity index (χ3v) is 3.81. The van der Waals surface area contributed by atoms with Gasteiger partial charge in [0, 0.05) is 5.33 Å². The summed E-state index contributed by atoms with van der Waals surface area (Å²) in [4.78, 5) is 0. The Morgan fingerprint density at radius 3 is 2.50 bits per heavy atom. The van der Waals surface area contributed by atoms with Gasteiger partial charge in [-0.15, -0.1) is 0 Å². The topological polar surface area (TPSA) is 0 Å². The first-order valence-corrected chi connectivity index (χ1v) is 6.52. The van der Waals surface area contributed by atoms with Gasteiger partial charge < -0.3 is 0 Å². The maximum Gasteiger partial charge on any atom is 0.00314 e. The molecule has 1 rings (SSSR count). The number of alkyl halides is 1. The molecule has 0 bridgehead atoms. The van der Waals surface area contributed by atoms with Crippen molar-refractivity contribution in [1.82, 2.24) is 0 Å². The third kappa shape index (κ3) is 3.47. The molecule has 0 aromatic carbocycles. The lowest BCUT2D eigenvalue weighted by atomic mass is 9.79. The first-order valence-electron chi connectivity index (χ1n) is 5.40. The molecule has 1 unspecified atom stereocenters. The summed E-state index contributed by atoms with van der Waals surface area (Å²) < 4.78 is 0. The van der Waals surface area contributed by atoms with Crippen molar-refractivity contribution in [3.63, 3.8) is 0 Å². The minimum absolute atomic E-state index is 0.975. The lowest BCUT2D eigenvalue weighted by Crippen LogP contribution is -2.15. The van der Waals surface area contributed by atoms with Crippen LogP contribution >= 0.6 is 15.9 Å². The van der Waals surface area contributed by atoms with Gasteiger partial charge in [-0.3, -0.25) is 0 Å². The van der Waals surface area contributed by atoms with Crippen molar-refractivity contribution in [2.45, 2.75) is 51.9 Å². The molecule has 1 aliphatic rings. The van der Waals surface area contributed by atoms with Crippen LogP contribution in [-0.4, -0.2) is 5.33 Å². The van der Waals surface area contributed by atoms with E-state index >= 15 is 0 Å². The highest BCUT2D eigenvalue weighted by Gasteiger charge is 2.18. The highest BCUT2D eigenvalue weighted by Crippen LogP contribution is 2.31. The van der Waals surface area contributed by atoms with Crippen molar-refractivity contribution in [2.24, 2.45) is 11.8 Å². The van der Waals surface area contributed by atoms with Gasteiger partial charge in [-0.05, 0) is 24.7 Å². The van der Waals surface area contributed by atoms with Crippen molar-refractivity contribution in [3.8, 4) is 0 Å². The average molecular weight is 233 g/mol. The van der Waals surface area contributed by atoms with Crippen LogP contribution in [0.15, 0.2) is 0 Å². The van der Waals surface area contributed by atoms with Crippen LogP contribution in [0.4, 0.5) is 0 Å². The summed E-state index contributed by atoms with van der Waals surface area (Å²) in [5.74, 6) is 2.03. The van der Waals surface area contributed by atoms with Gasteiger partial charge in [0.15, 0.2) is 0 Å². The van der Waals surface area contributed by atoms with E-state index in [1.807, 2.05) is 0 Å². The second-order valence-electron chi connectivity index (χ2n) is 4.21. The first kappa shape index (κ1) is 10.6. The molecule has 1 saturated carbocycles. The summed E-state index contributed by atoms with van der Waals surface area (Å²) in [6, 6.07) is 0. The Bertz CT molecular complexity index is 106. The minimum Gasteiger partial charge on any atom is -0.0928 e. The normalized spacial score (nSPS) is 22.5. The van der Waals surface area contributed by atoms with Gasteiger partial charge in [-0.1, -0.05) is 55.0 Å². The molecular formula is C11H21Br. The fraction of sp³-hybridized carbons (Fsp3) is 1.00. The standard InChI is InChI=1S/C11H21Br/c1-10(6-5-9-12)11-7-3-2-4-8-11/h10-11H,2-9H2,1H3. The molecule has 1 atom stereocenters. The Morgan fingerprint density at radius 2 is 1.92 bits per heavy atom. The van der Waals surface area contributed by atoms with E-state index in [2.05, 4.69) is 22.9 Å². The predicted molar refractivity (Wildman–Crippen MR) is 58.8 cm³/mol. The Balaban J connectivity index is 2.15. The Labute approximate surface area is 85.3 Å². The molecule has 0 radical (unpaired) electrons. The van der Waals surface area contributed by atoms with Crippen molar-refractivity contribution in [3.05, 3.63) is 0 Å². The molecule has 0 aromatic rings. The minimum atomic E-state index is 0.975. The van der Waals surface area contributed by atoms with Crippen molar-refractivity contribution < 1.29 is 0 Å². The Kier molecular flexibility index (Phi) is 5.29. The second kappa shape index (κ2) is 6.01. The SMILES string of the molecule is CC(CCCBr)C1CCCCC1. The van der Waals surface area contributed by atoms with Crippen molar-refractivity contribution >= 4 is 15.9 Å². The molecular weight excluding hydrogens is 212 g/mol. The van der Waals surface area contributed by atoms with Crippen LogP contribution < -0.4 is 0 Å². The predicted octanol–water partition coefficient (Wildman–Crippen LogP) is 4.38. The van der Waals surface area contributed by atoms with E-state index in [1.165, 1.54) is 50.3 Å². The van der Waals surface area contributed by atoms with Crippen LogP contribution in [0.5, 0.6) is 0 Å². The molecule has 12 heavy (non-hydrogen) atoms. The molecule has 0 N–H and O–H groups in total. The quantitative estimate of drug-likeness (QED) is 0.632. The smallest absolute Gasteiger partial charge is 0.00314 e. The molecule has 0 spiro atoms. The average Bonchev–Trinajstić information content (AvgIpc) is 2.15. The molecule has 0 heterocycles. The summed E-state index contributed by atoms with van der Waals surface area (Å²) >= 11 is 3.50. The van der Waals surface area contributed by atoms with Gasteiger partial charge >= 0.3 is 0 Å². The lowest BCUT2D eigenvalue weighted by Gasteiger charge is -2.27. The monoisotopic (exact) mass is 232 g/mol. The van der Waals surface area contributed by atoms with E-state index in [1.54, 1.807) is 0 Å². The number of hydrogen-bond donors (Lipinski definition) is 0. The molecule has 1 heteroatoms. The number of rotatable bonds is 4. The molecule has 0 aromatic heterocycles. The van der Waals surface area contributed by atoms with Gasteiger partial charge in [-0.2, -0.15) is 0 Å². The van der Waals surface area contributed by atoms with Crippen LogP contribution in [-0.2, 0) is 0 Å². The summed E-state index contributed by atoms with van der Waals surface area (Å²) in [5, 5.41) is 1.18. The van der Waals surface area contributed by atoms with Gasteiger partial charge in [0.05, 0.1) is 0 Å². The molecule has 0 aliphatic heterocycles.